The van der Waals surface area contributed by atoms with Crippen molar-refractivity contribution in [1.82, 2.24) is 0 Å². The van der Waals surface area contributed by atoms with Crippen molar-refractivity contribution >= 4 is 11.9 Å². The molecule has 2 aromatic carbocycles. The maximum absolute atomic E-state index is 12.3. The van der Waals surface area contributed by atoms with Gasteiger partial charge in [-0.25, -0.2) is 0 Å². The quantitative estimate of drug-likeness (QED) is 0.386. The topological polar surface area (TPSA) is 52.6 Å². The van der Waals surface area contributed by atoms with E-state index >= 15 is 0 Å². The Morgan fingerprint density at radius 1 is 0.741 bits per heavy atom. The molecule has 0 radical (unpaired) electrons. The number of carbonyl (C=O) groups excluding carboxylic acids is 2. The van der Waals surface area contributed by atoms with Gasteiger partial charge in [0.05, 0.1) is 0 Å². The average Bonchev–Trinajstić information content (AvgIpc) is 2.53. The van der Waals surface area contributed by atoms with E-state index in [1.165, 1.54) is 0 Å². The second-order valence-corrected chi connectivity index (χ2v) is 7.52. The first kappa shape index (κ1) is 20.7. The van der Waals surface area contributed by atoms with Gasteiger partial charge in [0.15, 0.2) is 0 Å². The highest BCUT2D eigenvalue weighted by molar-refractivity contribution is 5.93. The molecule has 2 rings (SSSR count). The summed E-state index contributed by atoms with van der Waals surface area (Å²) >= 11 is 0. The molecule has 0 heterocycles. The van der Waals surface area contributed by atoms with Gasteiger partial charge in [-0.1, -0.05) is 52.0 Å². The Bertz CT molecular complexity index is 765. The van der Waals surface area contributed by atoms with Crippen LogP contribution >= 0.6 is 0 Å². The second-order valence-electron chi connectivity index (χ2n) is 7.52. The minimum absolute atomic E-state index is 0.209. The highest BCUT2D eigenvalue weighted by Crippen LogP contribution is 2.29. The van der Waals surface area contributed by atoms with Crippen molar-refractivity contribution in [3.05, 3.63) is 58.7 Å². The fourth-order valence-corrected chi connectivity index (χ4v) is 2.85. The number of benzene rings is 2. The molecule has 0 aliphatic carbocycles. The maximum atomic E-state index is 12.3. The normalized spacial score (nSPS) is 11.0. The molecule has 0 N–H and O–H groups in total. The number of rotatable bonds is 6. The molecular weight excluding hydrogens is 340 g/mol. The predicted octanol–water partition coefficient (Wildman–Crippen LogP) is 5.45. The van der Waals surface area contributed by atoms with Crippen molar-refractivity contribution < 1.29 is 19.1 Å². The largest absolute Gasteiger partial charge is 0.426 e. The monoisotopic (exact) mass is 368 g/mol. The molecule has 0 aromatic heterocycles. The number of hydrogen-bond acceptors (Lipinski definition) is 4. The van der Waals surface area contributed by atoms with Crippen LogP contribution in [0.2, 0.25) is 0 Å². The average molecular weight is 368 g/mol. The Labute approximate surface area is 161 Å². The van der Waals surface area contributed by atoms with Gasteiger partial charge in [-0.05, 0) is 60.1 Å². The van der Waals surface area contributed by atoms with Crippen molar-refractivity contribution in [2.75, 3.05) is 0 Å². The molecule has 0 spiro atoms. The predicted molar refractivity (Wildman–Crippen MR) is 106 cm³/mol. The van der Waals surface area contributed by atoms with Gasteiger partial charge in [-0.2, -0.15) is 0 Å². The minimum Gasteiger partial charge on any atom is -0.426 e. The van der Waals surface area contributed by atoms with Gasteiger partial charge < -0.3 is 9.47 Å². The molecule has 27 heavy (non-hydrogen) atoms. The molecule has 0 saturated heterocycles. The first-order chi connectivity index (χ1) is 12.7. The van der Waals surface area contributed by atoms with E-state index in [-0.39, 0.29) is 11.8 Å². The number of esters is 2. The number of ether oxygens (including phenoxy) is 2. The summed E-state index contributed by atoms with van der Waals surface area (Å²) in [4.78, 5) is 24.5. The van der Waals surface area contributed by atoms with Crippen LogP contribution in [-0.2, 0) is 9.59 Å². The standard InChI is InChI=1S/C23H28O4/c1-14(2)18-9-7-16(5)11-20(18)26-22(24)13-23(25)27-21-12-17(6)8-10-19(21)15(3)4/h7-12,14-15H,13H2,1-6H3. The van der Waals surface area contributed by atoms with Crippen molar-refractivity contribution in [1.29, 1.82) is 0 Å². The Hall–Kier alpha value is -2.62. The molecule has 0 fully saturated rings. The fraction of sp³-hybridized carbons (Fsp3) is 0.391. The van der Waals surface area contributed by atoms with Crippen molar-refractivity contribution in [3.63, 3.8) is 0 Å². The number of aryl methyl sites for hydroxylation is 2. The van der Waals surface area contributed by atoms with Gasteiger partial charge >= 0.3 is 11.9 Å². The van der Waals surface area contributed by atoms with Gasteiger partial charge in [-0.3, -0.25) is 9.59 Å². The van der Waals surface area contributed by atoms with Crippen LogP contribution in [0.1, 0.15) is 68.2 Å². The first-order valence-corrected chi connectivity index (χ1v) is 9.29. The van der Waals surface area contributed by atoms with Crippen LogP contribution in [0.15, 0.2) is 36.4 Å². The lowest BCUT2D eigenvalue weighted by molar-refractivity contribution is -0.144. The first-order valence-electron chi connectivity index (χ1n) is 9.29. The van der Waals surface area contributed by atoms with E-state index in [2.05, 4.69) is 0 Å². The third kappa shape index (κ3) is 5.68. The van der Waals surface area contributed by atoms with Gasteiger partial charge in [0, 0.05) is 0 Å². The Balaban J connectivity index is 2.08. The van der Waals surface area contributed by atoms with Crippen LogP contribution in [-0.4, -0.2) is 11.9 Å². The van der Waals surface area contributed by atoms with E-state index in [4.69, 9.17) is 9.47 Å². The summed E-state index contributed by atoms with van der Waals surface area (Å²) < 4.78 is 10.9. The van der Waals surface area contributed by atoms with Crippen LogP contribution in [0, 0.1) is 13.8 Å². The molecule has 0 unspecified atom stereocenters. The number of carbonyl (C=O) groups is 2. The lowest BCUT2D eigenvalue weighted by atomic mass is 10.0. The van der Waals surface area contributed by atoms with Crippen LogP contribution in [0.4, 0.5) is 0 Å². The smallest absolute Gasteiger partial charge is 0.322 e. The molecule has 4 heteroatoms. The van der Waals surface area contributed by atoms with Gasteiger partial charge in [-0.15, -0.1) is 0 Å². The van der Waals surface area contributed by atoms with E-state index in [9.17, 15) is 9.59 Å². The molecule has 0 amide bonds. The highest BCUT2D eigenvalue weighted by Gasteiger charge is 2.18. The van der Waals surface area contributed by atoms with Crippen LogP contribution in [0.25, 0.3) is 0 Å². The van der Waals surface area contributed by atoms with Crippen LogP contribution < -0.4 is 9.47 Å². The second kappa shape index (κ2) is 8.85. The highest BCUT2D eigenvalue weighted by atomic mass is 16.6. The zero-order valence-electron chi connectivity index (χ0n) is 17.0. The minimum atomic E-state index is -0.619. The lowest BCUT2D eigenvalue weighted by Crippen LogP contribution is -2.19. The summed E-state index contributed by atoms with van der Waals surface area (Å²) in [7, 11) is 0. The summed E-state index contributed by atoms with van der Waals surface area (Å²) in [6, 6.07) is 11.5. The van der Waals surface area contributed by atoms with Crippen LogP contribution in [0.5, 0.6) is 11.5 Å². The molecule has 0 atom stereocenters. The van der Waals surface area contributed by atoms with Crippen LogP contribution in [0.3, 0.4) is 0 Å². The lowest BCUT2D eigenvalue weighted by Gasteiger charge is -2.15. The van der Waals surface area contributed by atoms with Crippen molar-refractivity contribution in [2.45, 2.75) is 59.8 Å². The molecule has 0 aliphatic rings. The van der Waals surface area contributed by atoms with Gasteiger partial charge in [0.1, 0.15) is 17.9 Å². The van der Waals surface area contributed by atoms with Crippen molar-refractivity contribution in [3.8, 4) is 11.5 Å². The summed E-state index contributed by atoms with van der Waals surface area (Å²) in [5.41, 5.74) is 3.85. The van der Waals surface area contributed by atoms with E-state index in [1.54, 1.807) is 0 Å². The molecule has 144 valence electrons. The summed E-state index contributed by atoms with van der Waals surface area (Å²) in [5, 5.41) is 0. The number of hydrogen-bond donors (Lipinski definition) is 0. The SMILES string of the molecule is Cc1ccc(C(C)C)c(OC(=O)CC(=O)Oc2cc(C)ccc2C(C)C)c1. The van der Waals surface area contributed by atoms with Gasteiger partial charge in [0.2, 0.25) is 0 Å². The maximum Gasteiger partial charge on any atom is 0.322 e. The molecule has 0 bridgehead atoms. The Kier molecular flexibility index (Phi) is 6.78. The zero-order valence-corrected chi connectivity index (χ0v) is 17.0. The molecule has 0 aliphatic heterocycles. The van der Waals surface area contributed by atoms with E-state index in [0.29, 0.717) is 11.5 Å². The zero-order chi connectivity index (χ0) is 20.1. The third-order valence-corrected chi connectivity index (χ3v) is 4.32. The Morgan fingerprint density at radius 3 is 1.44 bits per heavy atom. The summed E-state index contributed by atoms with van der Waals surface area (Å²) in [6.45, 7) is 12.0. The summed E-state index contributed by atoms with van der Waals surface area (Å²) in [5.74, 6) is 0.183. The van der Waals surface area contributed by atoms with E-state index in [1.807, 2.05) is 77.9 Å². The molecular formula is C23H28O4. The third-order valence-electron chi connectivity index (χ3n) is 4.32. The summed E-state index contributed by atoms with van der Waals surface area (Å²) in [6.07, 6.45) is -0.434. The molecule has 0 saturated carbocycles. The fourth-order valence-electron chi connectivity index (χ4n) is 2.85. The molecule has 2 aromatic rings. The Morgan fingerprint density at radius 2 is 1.11 bits per heavy atom. The van der Waals surface area contributed by atoms with Crippen molar-refractivity contribution in [2.24, 2.45) is 0 Å². The molecule has 4 nitrogen and oxygen atoms in total. The van der Waals surface area contributed by atoms with Gasteiger partial charge in [0.25, 0.3) is 0 Å². The van der Waals surface area contributed by atoms with E-state index < -0.39 is 18.4 Å². The van der Waals surface area contributed by atoms with E-state index in [0.717, 1.165) is 22.3 Å².